The monoisotopic (exact) mass is 435 g/mol. The first-order valence-electron chi connectivity index (χ1n) is 11.3. The lowest BCUT2D eigenvalue weighted by molar-refractivity contribution is 0.0744. The fourth-order valence-electron chi connectivity index (χ4n) is 4.17. The molecule has 7 heteroatoms. The highest BCUT2D eigenvalue weighted by Crippen LogP contribution is 2.27. The Balaban J connectivity index is 1.56. The van der Waals surface area contributed by atoms with Crippen LogP contribution in [-0.4, -0.2) is 58.7 Å². The lowest BCUT2D eigenvalue weighted by Crippen LogP contribution is -2.49. The van der Waals surface area contributed by atoms with E-state index in [1.807, 2.05) is 27.6 Å². The molecule has 1 aliphatic rings. The highest BCUT2D eigenvalue weighted by atomic mass is 16.5. The number of methoxy groups -OCH3 is 1. The minimum atomic E-state index is -0.0795. The second-order valence-corrected chi connectivity index (χ2v) is 9.74. The molecule has 1 amide bonds. The zero-order valence-corrected chi connectivity index (χ0v) is 19.9. The molecule has 0 spiro atoms. The average molecular weight is 436 g/mol. The number of fused-ring (bicyclic) bond motifs is 1. The number of benzene rings is 1. The molecular formula is C25H33N5O2. The summed E-state index contributed by atoms with van der Waals surface area (Å²) in [6.07, 6.45) is 1.73. The Kier molecular flexibility index (Phi) is 5.84. The maximum absolute atomic E-state index is 13.5. The Labute approximate surface area is 190 Å². The summed E-state index contributed by atoms with van der Waals surface area (Å²) >= 11 is 0. The summed E-state index contributed by atoms with van der Waals surface area (Å²) in [6.45, 7) is 13.5. The summed E-state index contributed by atoms with van der Waals surface area (Å²) in [5, 5.41) is 4.82. The fourth-order valence-corrected chi connectivity index (χ4v) is 4.17. The zero-order chi connectivity index (χ0) is 23.0. The second kappa shape index (κ2) is 8.45. The van der Waals surface area contributed by atoms with E-state index in [1.165, 1.54) is 0 Å². The minimum Gasteiger partial charge on any atom is -0.497 e. The van der Waals surface area contributed by atoms with Crippen molar-refractivity contribution in [1.82, 2.24) is 19.5 Å². The van der Waals surface area contributed by atoms with Crippen molar-refractivity contribution >= 4 is 17.2 Å². The normalized spacial score (nSPS) is 15.0. The van der Waals surface area contributed by atoms with E-state index in [-0.39, 0.29) is 17.2 Å². The predicted molar refractivity (Wildman–Crippen MR) is 127 cm³/mol. The Morgan fingerprint density at radius 1 is 1.06 bits per heavy atom. The smallest absolute Gasteiger partial charge is 0.257 e. The lowest BCUT2D eigenvalue weighted by atomic mass is 9.93. The van der Waals surface area contributed by atoms with E-state index in [0.29, 0.717) is 18.7 Å². The first-order valence-corrected chi connectivity index (χ1v) is 11.3. The van der Waals surface area contributed by atoms with Crippen LogP contribution in [-0.2, 0) is 5.41 Å². The summed E-state index contributed by atoms with van der Waals surface area (Å²) in [7, 11) is 1.67. The van der Waals surface area contributed by atoms with Crippen molar-refractivity contribution in [2.45, 2.75) is 46.0 Å². The van der Waals surface area contributed by atoms with Gasteiger partial charge in [-0.2, -0.15) is 5.10 Å². The van der Waals surface area contributed by atoms with Crippen LogP contribution < -0.4 is 9.64 Å². The number of carbonyl (C=O) groups is 1. The molecule has 1 saturated heterocycles. The molecule has 0 unspecified atom stereocenters. The Morgan fingerprint density at radius 2 is 1.72 bits per heavy atom. The number of amides is 1. The lowest BCUT2D eigenvalue weighted by Gasteiger charge is -2.36. The average Bonchev–Trinajstić information content (AvgIpc) is 3.23. The Hall–Kier alpha value is -3.09. The van der Waals surface area contributed by atoms with Crippen molar-refractivity contribution in [2.75, 3.05) is 38.2 Å². The van der Waals surface area contributed by atoms with E-state index in [9.17, 15) is 4.79 Å². The SMILES string of the molecule is COc1ccc(N2CCN(C(=O)c3cnc4cc(C(C)(C)C)nn4c3C(C)C)CC2)cc1. The van der Waals surface area contributed by atoms with Gasteiger partial charge in [0, 0.05) is 49.5 Å². The topological polar surface area (TPSA) is 63.0 Å². The van der Waals surface area contributed by atoms with Crippen molar-refractivity contribution in [3.8, 4) is 5.75 Å². The van der Waals surface area contributed by atoms with Gasteiger partial charge in [-0.3, -0.25) is 4.79 Å². The Bertz CT molecular complexity index is 1100. The molecule has 170 valence electrons. The van der Waals surface area contributed by atoms with E-state index in [0.717, 1.165) is 41.6 Å². The number of hydrogen-bond donors (Lipinski definition) is 0. The van der Waals surface area contributed by atoms with Gasteiger partial charge in [-0.15, -0.1) is 0 Å². The van der Waals surface area contributed by atoms with Gasteiger partial charge in [-0.25, -0.2) is 9.50 Å². The van der Waals surface area contributed by atoms with Gasteiger partial charge in [-0.05, 0) is 30.2 Å². The third kappa shape index (κ3) is 4.16. The van der Waals surface area contributed by atoms with Gasteiger partial charge in [0.15, 0.2) is 5.65 Å². The van der Waals surface area contributed by atoms with Crippen LogP contribution in [0.15, 0.2) is 36.5 Å². The molecule has 2 aromatic heterocycles. The summed E-state index contributed by atoms with van der Waals surface area (Å²) in [5.74, 6) is 1.03. The molecule has 0 bridgehead atoms. The summed E-state index contributed by atoms with van der Waals surface area (Å²) in [5.41, 5.74) is 4.41. The molecule has 0 N–H and O–H groups in total. The Morgan fingerprint density at radius 3 is 2.28 bits per heavy atom. The van der Waals surface area contributed by atoms with Crippen LogP contribution in [0, 0.1) is 0 Å². The number of carbonyl (C=O) groups excluding carboxylic acids is 1. The van der Waals surface area contributed by atoms with Crippen LogP contribution >= 0.6 is 0 Å². The molecule has 0 aliphatic carbocycles. The van der Waals surface area contributed by atoms with Crippen molar-refractivity contribution in [1.29, 1.82) is 0 Å². The molecule has 4 rings (SSSR count). The van der Waals surface area contributed by atoms with Crippen LogP contribution in [0.1, 0.15) is 62.3 Å². The molecule has 0 radical (unpaired) electrons. The molecule has 1 fully saturated rings. The second-order valence-electron chi connectivity index (χ2n) is 9.74. The number of aromatic nitrogens is 3. The third-order valence-corrected chi connectivity index (χ3v) is 6.07. The van der Waals surface area contributed by atoms with Crippen LogP contribution in [0.4, 0.5) is 5.69 Å². The highest BCUT2D eigenvalue weighted by molar-refractivity contribution is 5.95. The van der Waals surface area contributed by atoms with Gasteiger partial charge in [0.1, 0.15) is 5.75 Å². The van der Waals surface area contributed by atoms with E-state index < -0.39 is 0 Å². The first-order chi connectivity index (χ1) is 15.2. The van der Waals surface area contributed by atoms with Gasteiger partial charge in [-0.1, -0.05) is 34.6 Å². The molecular weight excluding hydrogens is 402 g/mol. The van der Waals surface area contributed by atoms with Crippen molar-refractivity contribution in [3.05, 3.63) is 53.5 Å². The fraction of sp³-hybridized carbons (Fsp3) is 0.480. The number of ether oxygens (including phenoxy) is 1. The zero-order valence-electron chi connectivity index (χ0n) is 19.9. The number of nitrogens with zero attached hydrogens (tertiary/aromatic N) is 5. The van der Waals surface area contributed by atoms with Crippen LogP contribution in [0.5, 0.6) is 5.75 Å². The first kappa shape index (κ1) is 22.1. The summed E-state index contributed by atoms with van der Waals surface area (Å²) in [4.78, 5) is 22.3. The van der Waals surface area contributed by atoms with E-state index >= 15 is 0 Å². The summed E-state index contributed by atoms with van der Waals surface area (Å²) in [6, 6.07) is 10.1. The highest BCUT2D eigenvalue weighted by Gasteiger charge is 2.28. The number of hydrogen-bond acceptors (Lipinski definition) is 5. The minimum absolute atomic E-state index is 0.0327. The van der Waals surface area contributed by atoms with Crippen molar-refractivity contribution in [2.24, 2.45) is 0 Å². The van der Waals surface area contributed by atoms with Gasteiger partial charge in [0.2, 0.25) is 0 Å². The third-order valence-electron chi connectivity index (χ3n) is 6.07. The maximum atomic E-state index is 13.5. The molecule has 3 aromatic rings. The molecule has 1 aliphatic heterocycles. The molecule has 32 heavy (non-hydrogen) atoms. The van der Waals surface area contributed by atoms with E-state index in [1.54, 1.807) is 13.3 Å². The van der Waals surface area contributed by atoms with E-state index in [2.05, 4.69) is 56.6 Å². The largest absolute Gasteiger partial charge is 0.497 e. The van der Waals surface area contributed by atoms with Crippen LogP contribution in [0.2, 0.25) is 0 Å². The van der Waals surface area contributed by atoms with E-state index in [4.69, 9.17) is 9.84 Å². The maximum Gasteiger partial charge on any atom is 0.257 e. The number of piperazine rings is 1. The molecule has 3 heterocycles. The number of anilines is 1. The van der Waals surface area contributed by atoms with Crippen LogP contribution in [0.25, 0.3) is 5.65 Å². The molecule has 7 nitrogen and oxygen atoms in total. The molecule has 0 saturated carbocycles. The van der Waals surface area contributed by atoms with Crippen molar-refractivity contribution < 1.29 is 9.53 Å². The van der Waals surface area contributed by atoms with Crippen LogP contribution in [0.3, 0.4) is 0 Å². The number of rotatable bonds is 4. The van der Waals surface area contributed by atoms with Gasteiger partial charge in [0.05, 0.1) is 24.1 Å². The summed E-state index contributed by atoms with van der Waals surface area (Å²) < 4.78 is 7.12. The van der Waals surface area contributed by atoms with Gasteiger partial charge >= 0.3 is 0 Å². The van der Waals surface area contributed by atoms with Gasteiger partial charge in [0.25, 0.3) is 5.91 Å². The van der Waals surface area contributed by atoms with Crippen molar-refractivity contribution in [3.63, 3.8) is 0 Å². The molecule has 1 aromatic carbocycles. The molecule has 0 atom stereocenters. The predicted octanol–water partition coefficient (Wildman–Crippen LogP) is 4.12. The standard InChI is InChI=1S/C25H33N5O2/c1-17(2)23-20(16-26-22-15-21(25(3,4)5)27-30(22)23)24(31)29-13-11-28(12-14-29)18-7-9-19(32-6)10-8-18/h7-10,15-17H,11-14H2,1-6H3. The van der Waals surface area contributed by atoms with Gasteiger partial charge < -0.3 is 14.5 Å². The quantitative estimate of drug-likeness (QED) is 0.617.